The molecule has 2 N–H and O–H groups in total. The van der Waals surface area contributed by atoms with Crippen molar-refractivity contribution in [2.24, 2.45) is 10.9 Å². The maximum Gasteiger partial charge on any atom is 0.305 e. The van der Waals surface area contributed by atoms with Crippen molar-refractivity contribution in [3.63, 3.8) is 0 Å². The predicted octanol–water partition coefficient (Wildman–Crippen LogP) is 3.24. The molecule has 1 saturated heterocycles. The van der Waals surface area contributed by atoms with Crippen molar-refractivity contribution in [1.82, 2.24) is 15.5 Å². The first kappa shape index (κ1) is 24.5. The molecule has 172 valence electrons. The summed E-state index contributed by atoms with van der Waals surface area (Å²) in [6.07, 6.45) is 11.3. The van der Waals surface area contributed by atoms with Crippen molar-refractivity contribution in [2.45, 2.75) is 90.5 Å². The van der Waals surface area contributed by atoms with Crippen LogP contribution < -0.4 is 10.6 Å². The van der Waals surface area contributed by atoms with Crippen molar-refractivity contribution >= 4 is 17.8 Å². The van der Waals surface area contributed by atoms with Crippen molar-refractivity contribution in [3.05, 3.63) is 0 Å². The summed E-state index contributed by atoms with van der Waals surface area (Å²) < 4.78 is 4.94. The Morgan fingerprint density at radius 2 is 1.77 bits per heavy atom. The van der Waals surface area contributed by atoms with Gasteiger partial charge in [0.25, 0.3) is 0 Å². The van der Waals surface area contributed by atoms with E-state index in [0.29, 0.717) is 18.9 Å². The molecule has 1 heterocycles. The highest BCUT2D eigenvalue weighted by Gasteiger charge is 2.32. The quantitative estimate of drug-likeness (QED) is 0.218. The number of likely N-dealkylation sites (tertiary alicyclic amines) is 1. The van der Waals surface area contributed by atoms with Crippen LogP contribution in [0.3, 0.4) is 0 Å². The van der Waals surface area contributed by atoms with E-state index in [9.17, 15) is 9.59 Å². The van der Waals surface area contributed by atoms with Gasteiger partial charge in [-0.3, -0.25) is 14.6 Å². The number of carbonyl (C=O) groups is 2. The third-order valence-corrected chi connectivity index (χ3v) is 6.00. The van der Waals surface area contributed by atoms with E-state index >= 15 is 0 Å². The fourth-order valence-electron chi connectivity index (χ4n) is 4.36. The fraction of sp³-hybridized carbons (Fsp3) is 0.870. The molecular formula is C23H42N4O3. The van der Waals surface area contributed by atoms with Gasteiger partial charge in [-0.25, -0.2) is 0 Å². The fourth-order valence-corrected chi connectivity index (χ4v) is 4.36. The van der Waals surface area contributed by atoms with Gasteiger partial charge in [-0.1, -0.05) is 32.1 Å². The summed E-state index contributed by atoms with van der Waals surface area (Å²) in [7, 11) is 0. The first-order valence-electron chi connectivity index (χ1n) is 12.1. The lowest BCUT2D eigenvalue weighted by Crippen LogP contribution is -2.45. The molecule has 7 nitrogen and oxygen atoms in total. The van der Waals surface area contributed by atoms with Crippen molar-refractivity contribution in [1.29, 1.82) is 0 Å². The number of hydrogen-bond donors (Lipinski definition) is 2. The van der Waals surface area contributed by atoms with Crippen LogP contribution in [0.15, 0.2) is 4.99 Å². The van der Waals surface area contributed by atoms with Gasteiger partial charge < -0.3 is 20.3 Å². The zero-order valence-corrected chi connectivity index (χ0v) is 19.1. The normalized spacial score (nSPS) is 19.9. The van der Waals surface area contributed by atoms with Gasteiger partial charge in [0.1, 0.15) is 0 Å². The molecule has 1 amide bonds. The van der Waals surface area contributed by atoms with E-state index < -0.39 is 0 Å². The third-order valence-electron chi connectivity index (χ3n) is 6.00. The lowest BCUT2D eigenvalue weighted by atomic mass is 10.1. The van der Waals surface area contributed by atoms with Gasteiger partial charge in [-0.2, -0.15) is 0 Å². The number of carbonyl (C=O) groups excluding carboxylic acids is 2. The minimum Gasteiger partial charge on any atom is -0.466 e. The highest BCUT2D eigenvalue weighted by atomic mass is 16.5. The SMILES string of the molecule is CCNC(=NCCCCCCCC(=O)OCC)NC1CCN(C(=O)C2CCCC2)C1. The van der Waals surface area contributed by atoms with E-state index in [2.05, 4.69) is 17.6 Å². The third kappa shape index (κ3) is 8.92. The Morgan fingerprint density at radius 1 is 1.03 bits per heavy atom. The van der Waals surface area contributed by atoms with Crippen LogP contribution in [0.5, 0.6) is 0 Å². The summed E-state index contributed by atoms with van der Waals surface area (Å²) in [5, 5.41) is 6.85. The van der Waals surface area contributed by atoms with Crippen LogP contribution in [-0.4, -0.2) is 61.6 Å². The van der Waals surface area contributed by atoms with Crippen molar-refractivity contribution in [2.75, 3.05) is 32.8 Å². The molecule has 0 aromatic rings. The number of guanidine groups is 1. The number of nitrogens with one attached hydrogen (secondary N) is 2. The first-order valence-corrected chi connectivity index (χ1v) is 12.1. The number of rotatable bonds is 12. The standard InChI is InChI=1S/C23H42N4O3/c1-3-24-23(25-16-11-7-5-6-8-14-21(28)30-4-2)26-20-15-17-27(18-20)22(29)19-12-9-10-13-19/h19-20H,3-18H2,1-2H3,(H2,24,25,26). The maximum absolute atomic E-state index is 12.6. The average molecular weight is 423 g/mol. The number of unbranched alkanes of at least 4 members (excludes halogenated alkanes) is 4. The number of ether oxygens (including phenoxy) is 1. The van der Waals surface area contributed by atoms with Crippen LogP contribution >= 0.6 is 0 Å². The van der Waals surface area contributed by atoms with E-state index in [1.165, 1.54) is 12.8 Å². The predicted molar refractivity (Wildman–Crippen MR) is 120 cm³/mol. The molecule has 0 aromatic carbocycles. The summed E-state index contributed by atoms with van der Waals surface area (Å²) in [6.45, 7) is 7.66. The van der Waals surface area contributed by atoms with Gasteiger partial charge in [0.2, 0.25) is 5.91 Å². The van der Waals surface area contributed by atoms with E-state index in [-0.39, 0.29) is 17.9 Å². The van der Waals surface area contributed by atoms with E-state index in [1.807, 2.05) is 11.8 Å². The lowest BCUT2D eigenvalue weighted by molar-refractivity contribution is -0.143. The Morgan fingerprint density at radius 3 is 2.50 bits per heavy atom. The van der Waals surface area contributed by atoms with Gasteiger partial charge in [0, 0.05) is 44.6 Å². The molecule has 30 heavy (non-hydrogen) atoms. The lowest BCUT2D eigenvalue weighted by Gasteiger charge is -2.21. The molecule has 0 radical (unpaired) electrons. The summed E-state index contributed by atoms with van der Waals surface area (Å²) >= 11 is 0. The van der Waals surface area contributed by atoms with Crippen LogP contribution in [0.2, 0.25) is 0 Å². The Balaban J connectivity index is 1.61. The second-order valence-corrected chi connectivity index (χ2v) is 8.48. The summed E-state index contributed by atoms with van der Waals surface area (Å²) in [5.74, 6) is 1.41. The maximum atomic E-state index is 12.6. The first-order chi connectivity index (χ1) is 14.6. The zero-order valence-electron chi connectivity index (χ0n) is 19.1. The number of nitrogens with zero attached hydrogens (tertiary/aromatic N) is 2. The molecule has 0 spiro atoms. The van der Waals surface area contributed by atoms with E-state index in [4.69, 9.17) is 9.73 Å². The molecule has 2 fully saturated rings. The Labute approximate surface area is 182 Å². The molecule has 1 aliphatic heterocycles. The van der Waals surface area contributed by atoms with Gasteiger partial charge in [0.15, 0.2) is 5.96 Å². The highest BCUT2D eigenvalue weighted by molar-refractivity contribution is 5.81. The Kier molecular flexibility index (Phi) is 11.6. The molecule has 2 rings (SSSR count). The number of amides is 1. The summed E-state index contributed by atoms with van der Waals surface area (Å²) in [6, 6.07) is 0.288. The van der Waals surface area contributed by atoms with Crippen molar-refractivity contribution < 1.29 is 14.3 Å². The van der Waals surface area contributed by atoms with Gasteiger partial charge in [-0.05, 0) is 46.0 Å². The van der Waals surface area contributed by atoms with Crippen LogP contribution in [0, 0.1) is 5.92 Å². The molecular weight excluding hydrogens is 380 g/mol. The molecule has 0 bridgehead atoms. The number of aliphatic imine (C=N–C) groups is 1. The average Bonchev–Trinajstić information content (AvgIpc) is 3.42. The molecule has 1 atom stereocenters. The summed E-state index contributed by atoms with van der Waals surface area (Å²) in [4.78, 5) is 30.7. The molecule has 7 heteroatoms. The Bertz CT molecular complexity index is 547. The van der Waals surface area contributed by atoms with Gasteiger partial charge in [-0.15, -0.1) is 0 Å². The molecule has 0 aromatic heterocycles. The highest BCUT2D eigenvalue weighted by Crippen LogP contribution is 2.27. The van der Waals surface area contributed by atoms with Crippen LogP contribution in [-0.2, 0) is 14.3 Å². The van der Waals surface area contributed by atoms with Crippen LogP contribution in [0.1, 0.15) is 84.5 Å². The Hall–Kier alpha value is -1.79. The largest absolute Gasteiger partial charge is 0.466 e. The van der Waals surface area contributed by atoms with Gasteiger partial charge >= 0.3 is 5.97 Å². The van der Waals surface area contributed by atoms with E-state index in [0.717, 1.165) is 83.5 Å². The minimum atomic E-state index is -0.0844. The molecule has 1 saturated carbocycles. The molecule has 2 aliphatic rings. The molecule has 1 unspecified atom stereocenters. The van der Waals surface area contributed by atoms with E-state index in [1.54, 1.807) is 0 Å². The second-order valence-electron chi connectivity index (χ2n) is 8.48. The number of hydrogen-bond acceptors (Lipinski definition) is 4. The van der Waals surface area contributed by atoms with Crippen molar-refractivity contribution in [3.8, 4) is 0 Å². The zero-order chi connectivity index (χ0) is 21.6. The summed E-state index contributed by atoms with van der Waals surface area (Å²) in [5.41, 5.74) is 0. The minimum absolute atomic E-state index is 0.0844. The number of esters is 1. The topological polar surface area (TPSA) is 83.0 Å². The second kappa shape index (κ2) is 14.3. The monoisotopic (exact) mass is 422 g/mol. The molecule has 1 aliphatic carbocycles. The van der Waals surface area contributed by atoms with Crippen LogP contribution in [0.25, 0.3) is 0 Å². The van der Waals surface area contributed by atoms with Crippen LogP contribution in [0.4, 0.5) is 0 Å². The van der Waals surface area contributed by atoms with Gasteiger partial charge in [0.05, 0.1) is 6.61 Å². The smallest absolute Gasteiger partial charge is 0.305 e.